The highest BCUT2D eigenvalue weighted by Gasteiger charge is 2.37. The number of amides is 2. The number of carbonyl (C=O) groups excluding carboxylic acids is 2. The summed E-state index contributed by atoms with van der Waals surface area (Å²) in [6, 6.07) is 6.67. The van der Waals surface area contributed by atoms with E-state index in [1.165, 1.54) is 12.4 Å². The number of carbonyl (C=O) groups is 2. The lowest BCUT2D eigenvalue weighted by molar-refractivity contribution is -0.137. The molecule has 1 unspecified atom stereocenters. The largest absolute Gasteiger partial charge is 0.388 e. The van der Waals surface area contributed by atoms with Crippen molar-refractivity contribution in [3.8, 4) is 6.07 Å². The van der Waals surface area contributed by atoms with Crippen molar-refractivity contribution < 1.29 is 9.59 Å². The van der Waals surface area contributed by atoms with E-state index >= 15 is 0 Å². The molecule has 1 fully saturated rings. The zero-order valence-electron chi connectivity index (χ0n) is 21.9. The van der Waals surface area contributed by atoms with Crippen LogP contribution >= 0.6 is 11.6 Å². The summed E-state index contributed by atoms with van der Waals surface area (Å²) in [6.45, 7) is 6.67. The summed E-state index contributed by atoms with van der Waals surface area (Å²) in [6.07, 6.45) is 4.23. The molecule has 1 saturated heterocycles. The fourth-order valence-electron chi connectivity index (χ4n) is 4.53. The molecule has 4 rings (SSSR count). The highest BCUT2D eigenvalue weighted by atomic mass is 35.5. The van der Waals surface area contributed by atoms with Gasteiger partial charge in [0.05, 0.1) is 23.5 Å². The first kappa shape index (κ1) is 27.1. The highest BCUT2D eigenvalue weighted by Crippen LogP contribution is 2.26. The molecule has 1 aromatic carbocycles. The molecule has 0 saturated carbocycles. The zero-order chi connectivity index (χ0) is 27.6. The number of rotatable bonds is 6. The van der Waals surface area contributed by atoms with E-state index in [0.29, 0.717) is 53.4 Å². The number of hydrogen-bond acceptors (Lipinski definition) is 7. The number of fused-ring (bicyclic) bond motifs is 1. The quantitative estimate of drug-likeness (QED) is 0.351. The van der Waals surface area contributed by atoms with Gasteiger partial charge in [-0.1, -0.05) is 32.4 Å². The van der Waals surface area contributed by atoms with E-state index in [4.69, 9.17) is 17.0 Å². The van der Waals surface area contributed by atoms with Gasteiger partial charge in [-0.15, -0.1) is 0 Å². The van der Waals surface area contributed by atoms with E-state index in [1.54, 1.807) is 30.1 Å². The normalized spacial score (nSPS) is 15.1. The number of halogens is 1. The molecular formula is C27H31ClN8O2. The molecule has 1 aliphatic heterocycles. The molecule has 3 aromatic rings. The number of H-pyrrole nitrogens is 1. The van der Waals surface area contributed by atoms with E-state index < -0.39 is 17.4 Å². The smallest absolute Gasteiger partial charge is 0.255 e. The summed E-state index contributed by atoms with van der Waals surface area (Å²) >= 11 is 6.17. The predicted molar refractivity (Wildman–Crippen MR) is 146 cm³/mol. The van der Waals surface area contributed by atoms with Gasteiger partial charge in [0.2, 0.25) is 5.91 Å². The van der Waals surface area contributed by atoms with Gasteiger partial charge in [-0.25, -0.2) is 9.97 Å². The second-order valence-corrected chi connectivity index (χ2v) is 10.9. The Morgan fingerprint density at radius 2 is 1.97 bits per heavy atom. The van der Waals surface area contributed by atoms with Gasteiger partial charge in [-0.2, -0.15) is 5.26 Å². The number of likely N-dealkylation sites (tertiary alicyclic amines) is 1. The molecule has 3 heterocycles. The maximum atomic E-state index is 13.5. The lowest BCUT2D eigenvalue weighted by atomic mass is 9.85. The van der Waals surface area contributed by atoms with Crippen molar-refractivity contribution in [2.75, 3.05) is 25.5 Å². The zero-order valence-corrected chi connectivity index (χ0v) is 22.6. The summed E-state index contributed by atoms with van der Waals surface area (Å²) < 4.78 is 0. The minimum Gasteiger partial charge on any atom is -0.388 e. The molecule has 11 heteroatoms. The van der Waals surface area contributed by atoms with E-state index in [-0.39, 0.29) is 28.8 Å². The minimum atomic E-state index is -0.780. The second kappa shape index (κ2) is 10.8. The number of nitrogens with one attached hydrogen (secondary N) is 4. The number of aromatic nitrogens is 3. The summed E-state index contributed by atoms with van der Waals surface area (Å²) in [5.41, 5.74) is 1.99. The van der Waals surface area contributed by atoms with Gasteiger partial charge in [0, 0.05) is 48.5 Å². The maximum absolute atomic E-state index is 13.5. The Balaban J connectivity index is 1.61. The molecule has 2 amide bonds. The maximum Gasteiger partial charge on any atom is 0.255 e. The second-order valence-electron chi connectivity index (χ2n) is 10.5. The van der Waals surface area contributed by atoms with E-state index in [9.17, 15) is 14.9 Å². The third kappa shape index (κ3) is 5.48. The lowest BCUT2D eigenvalue weighted by Gasteiger charge is -2.37. The number of benzene rings is 1. The molecule has 1 aliphatic rings. The van der Waals surface area contributed by atoms with Crippen molar-refractivity contribution >= 4 is 46.0 Å². The van der Waals surface area contributed by atoms with Gasteiger partial charge in [0.1, 0.15) is 17.3 Å². The lowest BCUT2D eigenvalue weighted by Crippen LogP contribution is -2.56. The van der Waals surface area contributed by atoms with Crippen LogP contribution in [0.5, 0.6) is 0 Å². The molecule has 0 radical (unpaired) electrons. The summed E-state index contributed by atoms with van der Waals surface area (Å²) in [4.78, 5) is 40.5. The van der Waals surface area contributed by atoms with Gasteiger partial charge in [-0.05, 0) is 36.5 Å². The molecule has 198 valence electrons. The van der Waals surface area contributed by atoms with E-state index in [2.05, 4.69) is 31.7 Å². The Morgan fingerprint density at radius 1 is 1.26 bits per heavy atom. The molecule has 2 aromatic heterocycles. The van der Waals surface area contributed by atoms with Crippen LogP contribution < -0.4 is 10.6 Å². The summed E-state index contributed by atoms with van der Waals surface area (Å²) in [5.74, 6) is -0.681. The number of anilines is 1. The fraction of sp³-hybridized carbons (Fsp3) is 0.407. The number of nitriles is 1. The SMILES string of the molecule is CNc1ccc(Cl)cc1C(=N)c1cnc2[nH]cc(C(=O)NC(C(=O)N3CCC(C#N)CC3)C(C)(C)C)c2n1. The van der Waals surface area contributed by atoms with E-state index in [1.807, 2.05) is 20.8 Å². The van der Waals surface area contributed by atoms with Crippen LogP contribution in [0.25, 0.3) is 11.2 Å². The number of aromatic amines is 1. The molecule has 1 atom stereocenters. The number of nitrogens with zero attached hydrogens (tertiary/aromatic N) is 4. The van der Waals surface area contributed by atoms with Crippen LogP contribution in [-0.4, -0.2) is 63.6 Å². The van der Waals surface area contributed by atoms with Crippen LogP contribution in [0.3, 0.4) is 0 Å². The van der Waals surface area contributed by atoms with Gasteiger partial charge < -0.3 is 20.5 Å². The Morgan fingerprint density at radius 3 is 2.61 bits per heavy atom. The van der Waals surface area contributed by atoms with Crippen LogP contribution in [0.1, 0.15) is 55.2 Å². The van der Waals surface area contributed by atoms with Crippen LogP contribution in [-0.2, 0) is 4.79 Å². The van der Waals surface area contributed by atoms with Crippen molar-refractivity contribution in [3.63, 3.8) is 0 Å². The molecule has 0 spiro atoms. The fourth-order valence-corrected chi connectivity index (χ4v) is 4.71. The Bertz CT molecular complexity index is 1430. The van der Waals surface area contributed by atoms with Crippen LogP contribution in [0.2, 0.25) is 5.02 Å². The van der Waals surface area contributed by atoms with Crippen molar-refractivity contribution in [2.45, 2.75) is 39.7 Å². The molecule has 0 bridgehead atoms. The Hall–Kier alpha value is -3.97. The van der Waals surface area contributed by atoms with Crippen LogP contribution in [0.15, 0.2) is 30.6 Å². The van der Waals surface area contributed by atoms with Crippen molar-refractivity contribution in [1.29, 1.82) is 10.7 Å². The van der Waals surface area contributed by atoms with Crippen molar-refractivity contribution in [1.82, 2.24) is 25.2 Å². The van der Waals surface area contributed by atoms with Gasteiger partial charge in [0.15, 0.2) is 5.65 Å². The first-order valence-corrected chi connectivity index (χ1v) is 12.8. The van der Waals surface area contributed by atoms with Crippen LogP contribution in [0, 0.1) is 28.1 Å². The molecule has 38 heavy (non-hydrogen) atoms. The average Bonchev–Trinajstić information content (AvgIpc) is 3.33. The van der Waals surface area contributed by atoms with Gasteiger partial charge >= 0.3 is 0 Å². The molecule has 4 N–H and O–H groups in total. The van der Waals surface area contributed by atoms with E-state index in [0.717, 1.165) is 0 Å². The van der Waals surface area contributed by atoms with Crippen molar-refractivity contribution in [3.05, 3.63) is 52.4 Å². The Labute approximate surface area is 226 Å². The highest BCUT2D eigenvalue weighted by molar-refractivity contribution is 6.31. The summed E-state index contributed by atoms with van der Waals surface area (Å²) in [5, 5.41) is 24.3. The first-order valence-electron chi connectivity index (χ1n) is 12.4. The first-order chi connectivity index (χ1) is 18.0. The molecular weight excluding hydrogens is 504 g/mol. The average molecular weight is 535 g/mol. The number of piperidine rings is 1. The van der Waals surface area contributed by atoms with Gasteiger partial charge in [0.25, 0.3) is 5.91 Å². The Kier molecular flexibility index (Phi) is 7.69. The summed E-state index contributed by atoms with van der Waals surface area (Å²) in [7, 11) is 1.75. The topological polar surface area (TPSA) is 151 Å². The standard InChI is InChI=1S/C27H31ClN8O2/c1-27(2,3)23(26(38)36-9-7-15(12-29)8-10-36)35-25(37)18-13-32-24-22(18)34-20(14-33-24)21(30)17-11-16(28)5-6-19(17)31-4/h5-6,11,13-15,23,30-31H,7-10H2,1-4H3,(H,32,33)(H,35,37). The minimum absolute atomic E-state index is 0.0458. The van der Waals surface area contributed by atoms with Crippen LogP contribution in [0.4, 0.5) is 5.69 Å². The number of hydrogen-bond donors (Lipinski definition) is 4. The molecule has 10 nitrogen and oxygen atoms in total. The van der Waals surface area contributed by atoms with Gasteiger partial charge in [-0.3, -0.25) is 15.0 Å². The molecule has 0 aliphatic carbocycles. The monoisotopic (exact) mass is 534 g/mol. The van der Waals surface area contributed by atoms with Crippen molar-refractivity contribution in [2.24, 2.45) is 11.3 Å². The third-order valence-electron chi connectivity index (χ3n) is 6.78. The third-order valence-corrected chi connectivity index (χ3v) is 7.01. The predicted octanol–water partition coefficient (Wildman–Crippen LogP) is 3.98.